The molecular formula is C20H19N3O. The summed E-state index contributed by atoms with van der Waals surface area (Å²) in [6.45, 7) is 6.53. The molecule has 2 aromatic carbocycles. The molecule has 2 aromatic heterocycles. The van der Waals surface area contributed by atoms with Gasteiger partial charge in [0.25, 0.3) is 0 Å². The number of aromatic hydroxyl groups is 1. The molecule has 0 saturated carbocycles. The van der Waals surface area contributed by atoms with Crippen molar-refractivity contribution in [1.29, 1.82) is 0 Å². The van der Waals surface area contributed by atoms with E-state index in [4.69, 9.17) is 0 Å². The molecule has 0 atom stereocenters. The summed E-state index contributed by atoms with van der Waals surface area (Å²) in [7, 11) is 0. The van der Waals surface area contributed by atoms with E-state index in [0.29, 0.717) is 11.0 Å². The van der Waals surface area contributed by atoms with Gasteiger partial charge in [0.15, 0.2) is 5.52 Å². The van der Waals surface area contributed by atoms with Crippen molar-refractivity contribution < 1.29 is 5.11 Å². The Kier molecular flexibility index (Phi) is 3.10. The fourth-order valence-electron chi connectivity index (χ4n) is 2.94. The molecule has 4 heteroatoms. The van der Waals surface area contributed by atoms with Crippen LogP contribution in [0.5, 0.6) is 5.88 Å². The van der Waals surface area contributed by atoms with Crippen LogP contribution in [0.25, 0.3) is 27.5 Å². The summed E-state index contributed by atoms with van der Waals surface area (Å²) in [4.78, 5) is 4.38. The van der Waals surface area contributed by atoms with Crippen molar-refractivity contribution in [3.05, 3.63) is 60.3 Å². The van der Waals surface area contributed by atoms with Gasteiger partial charge in [-0.05, 0) is 23.1 Å². The molecule has 1 N–H and O–H groups in total. The van der Waals surface area contributed by atoms with Crippen LogP contribution >= 0.6 is 0 Å². The summed E-state index contributed by atoms with van der Waals surface area (Å²) in [6, 6.07) is 16.0. The topological polar surface area (TPSA) is 50.9 Å². The second kappa shape index (κ2) is 5.06. The summed E-state index contributed by atoms with van der Waals surface area (Å²) in [6.07, 6.45) is 1.77. The average Bonchev–Trinajstić information content (AvgIpc) is 2.92. The Morgan fingerprint density at radius 1 is 0.917 bits per heavy atom. The number of nitrogens with zero attached hydrogens (tertiary/aromatic N) is 3. The minimum absolute atomic E-state index is 0.0688. The first-order chi connectivity index (χ1) is 11.4. The lowest BCUT2D eigenvalue weighted by atomic mass is 9.87. The zero-order chi connectivity index (χ0) is 16.9. The number of hydrogen-bond acceptors (Lipinski definition) is 3. The average molecular weight is 317 g/mol. The third-order valence-corrected chi connectivity index (χ3v) is 4.36. The molecule has 0 fully saturated rings. The SMILES string of the molecule is CC(C)(C)c1ccc(-n2nc3c(ncc4ccccc43)c2O)cc1. The second-order valence-corrected chi connectivity index (χ2v) is 7.07. The van der Waals surface area contributed by atoms with Gasteiger partial charge in [-0.2, -0.15) is 9.78 Å². The van der Waals surface area contributed by atoms with Gasteiger partial charge in [-0.15, -0.1) is 0 Å². The van der Waals surface area contributed by atoms with E-state index in [0.717, 1.165) is 16.5 Å². The number of hydrogen-bond donors (Lipinski definition) is 1. The largest absolute Gasteiger partial charge is 0.492 e. The van der Waals surface area contributed by atoms with E-state index in [1.807, 2.05) is 36.4 Å². The summed E-state index contributed by atoms with van der Waals surface area (Å²) >= 11 is 0. The Morgan fingerprint density at radius 3 is 2.33 bits per heavy atom. The van der Waals surface area contributed by atoms with Gasteiger partial charge in [0.1, 0.15) is 5.52 Å². The molecule has 0 aliphatic heterocycles. The van der Waals surface area contributed by atoms with E-state index in [9.17, 15) is 5.11 Å². The molecule has 120 valence electrons. The molecule has 4 aromatic rings. The van der Waals surface area contributed by atoms with Gasteiger partial charge in [0, 0.05) is 17.0 Å². The van der Waals surface area contributed by atoms with Crippen LogP contribution < -0.4 is 0 Å². The molecule has 4 nitrogen and oxygen atoms in total. The molecule has 0 unspecified atom stereocenters. The van der Waals surface area contributed by atoms with Crippen molar-refractivity contribution in [1.82, 2.24) is 14.8 Å². The van der Waals surface area contributed by atoms with Crippen molar-refractivity contribution in [3.63, 3.8) is 0 Å². The Labute approximate surface area is 140 Å². The first-order valence-corrected chi connectivity index (χ1v) is 8.01. The third kappa shape index (κ3) is 2.22. The number of benzene rings is 2. The lowest BCUT2D eigenvalue weighted by Gasteiger charge is -2.19. The van der Waals surface area contributed by atoms with Crippen LogP contribution in [-0.4, -0.2) is 19.9 Å². The molecule has 0 spiro atoms. The van der Waals surface area contributed by atoms with E-state index in [1.165, 1.54) is 5.56 Å². The summed E-state index contributed by atoms with van der Waals surface area (Å²) < 4.78 is 1.55. The third-order valence-electron chi connectivity index (χ3n) is 4.36. The number of aromatic nitrogens is 3. The van der Waals surface area contributed by atoms with Gasteiger partial charge in [0.05, 0.1) is 5.69 Å². The van der Waals surface area contributed by atoms with E-state index < -0.39 is 0 Å². The van der Waals surface area contributed by atoms with Crippen LogP contribution in [0.4, 0.5) is 0 Å². The Morgan fingerprint density at radius 2 is 1.62 bits per heavy atom. The highest BCUT2D eigenvalue weighted by atomic mass is 16.3. The first kappa shape index (κ1) is 14.7. The molecule has 24 heavy (non-hydrogen) atoms. The maximum absolute atomic E-state index is 10.6. The molecule has 0 saturated heterocycles. The van der Waals surface area contributed by atoms with Crippen molar-refractivity contribution in [2.75, 3.05) is 0 Å². The van der Waals surface area contributed by atoms with E-state index in [2.05, 4.69) is 43.0 Å². The van der Waals surface area contributed by atoms with Gasteiger partial charge >= 0.3 is 0 Å². The number of pyridine rings is 1. The monoisotopic (exact) mass is 317 g/mol. The van der Waals surface area contributed by atoms with E-state index >= 15 is 0 Å². The van der Waals surface area contributed by atoms with Crippen LogP contribution in [0.1, 0.15) is 26.3 Å². The fraction of sp³-hybridized carbons (Fsp3) is 0.200. The highest BCUT2D eigenvalue weighted by molar-refractivity contribution is 6.04. The van der Waals surface area contributed by atoms with Gasteiger partial charge in [0.2, 0.25) is 5.88 Å². The summed E-state index contributed by atoms with van der Waals surface area (Å²) in [5, 5.41) is 17.2. The zero-order valence-electron chi connectivity index (χ0n) is 14.0. The molecule has 0 radical (unpaired) electrons. The molecule has 0 amide bonds. The predicted octanol–water partition coefficient (Wildman–Crippen LogP) is 4.58. The summed E-state index contributed by atoms with van der Waals surface area (Å²) in [5.74, 6) is 0.0688. The van der Waals surface area contributed by atoms with Crippen molar-refractivity contribution in [2.45, 2.75) is 26.2 Å². The Hall–Kier alpha value is -2.88. The van der Waals surface area contributed by atoms with Gasteiger partial charge in [-0.25, -0.2) is 4.98 Å². The maximum atomic E-state index is 10.6. The minimum Gasteiger partial charge on any atom is -0.492 e. The zero-order valence-corrected chi connectivity index (χ0v) is 14.0. The smallest absolute Gasteiger partial charge is 0.241 e. The predicted molar refractivity (Wildman–Crippen MR) is 96.7 cm³/mol. The fourth-order valence-corrected chi connectivity index (χ4v) is 2.94. The maximum Gasteiger partial charge on any atom is 0.241 e. The lowest BCUT2D eigenvalue weighted by molar-refractivity contribution is 0.437. The molecule has 2 heterocycles. The summed E-state index contributed by atoms with van der Waals surface area (Å²) in [5.41, 5.74) is 3.39. The van der Waals surface area contributed by atoms with Gasteiger partial charge < -0.3 is 5.11 Å². The van der Waals surface area contributed by atoms with Gasteiger partial charge in [-0.1, -0.05) is 57.2 Å². The minimum atomic E-state index is 0.0688. The normalized spacial score (nSPS) is 12.1. The Balaban J connectivity index is 1.91. The van der Waals surface area contributed by atoms with E-state index in [1.54, 1.807) is 10.9 Å². The lowest BCUT2D eigenvalue weighted by Crippen LogP contribution is -2.10. The standard InChI is InChI=1S/C20H19N3O/c1-20(2,3)14-8-10-15(11-9-14)23-19(24)18-17(22-23)16-7-5-4-6-13(16)12-21-18/h4-12,24H,1-3H3. The second-order valence-electron chi connectivity index (χ2n) is 7.07. The van der Waals surface area contributed by atoms with Crippen molar-refractivity contribution >= 4 is 21.8 Å². The van der Waals surface area contributed by atoms with Crippen LogP contribution in [0.2, 0.25) is 0 Å². The van der Waals surface area contributed by atoms with Crippen molar-refractivity contribution in [2.24, 2.45) is 0 Å². The highest BCUT2D eigenvalue weighted by Crippen LogP contribution is 2.31. The molecule has 0 aliphatic rings. The van der Waals surface area contributed by atoms with Gasteiger partial charge in [-0.3, -0.25) is 0 Å². The first-order valence-electron chi connectivity index (χ1n) is 8.01. The number of fused-ring (bicyclic) bond motifs is 3. The number of rotatable bonds is 1. The van der Waals surface area contributed by atoms with Crippen LogP contribution in [-0.2, 0) is 5.41 Å². The highest BCUT2D eigenvalue weighted by Gasteiger charge is 2.17. The molecule has 4 rings (SSSR count). The van der Waals surface area contributed by atoms with Crippen LogP contribution in [0.15, 0.2) is 54.7 Å². The Bertz CT molecular complexity index is 1040. The molecular weight excluding hydrogens is 298 g/mol. The van der Waals surface area contributed by atoms with E-state index in [-0.39, 0.29) is 11.3 Å². The quantitative estimate of drug-likeness (QED) is 0.559. The van der Waals surface area contributed by atoms with Crippen molar-refractivity contribution in [3.8, 4) is 11.6 Å². The van der Waals surface area contributed by atoms with Crippen LogP contribution in [0, 0.1) is 0 Å². The molecule has 0 aliphatic carbocycles. The van der Waals surface area contributed by atoms with Crippen LogP contribution in [0.3, 0.4) is 0 Å². The molecule has 0 bridgehead atoms.